The van der Waals surface area contributed by atoms with E-state index in [1.165, 1.54) is 6.42 Å². The van der Waals surface area contributed by atoms with Gasteiger partial charge in [-0.3, -0.25) is 0 Å². The maximum atomic E-state index is 5.56. The Kier molecular flexibility index (Phi) is 2.08. The van der Waals surface area contributed by atoms with Crippen molar-refractivity contribution in [2.45, 2.75) is 13.3 Å². The molecule has 0 bridgehead atoms. The average molecular weight is 177 g/mol. The van der Waals surface area contributed by atoms with Crippen molar-refractivity contribution in [2.75, 3.05) is 17.6 Å². The smallest absolute Gasteiger partial charge is 0.128 e. The fourth-order valence-electron chi connectivity index (χ4n) is 1.47. The molecular formula is C10H15N3. The lowest BCUT2D eigenvalue weighted by Crippen LogP contribution is -2.06. The first-order valence-electron chi connectivity index (χ1n) is 4.72. The number of hydrogen-bond donors (Lipinski definition) is 2. The van der Waals surface area contributed by atoms with Crippen LogP contribution in [0.5, 0.6) is 0 Å². The Hall–Kier alpha value is -1.25. The van der Waals surface area contributed by atoms with Gasteiger partial charge in [-0.15, -0.1) is 0 Å². The third kappa shape index (κ3) is 2.11. The molecule has 1 aliphatic carbocycles. The number of nitrogens with two attached hydrogens (primary N) is 1. The lowest BCUT2D eigenvalue weighted by atomic mass is 10.3. The summed E-state index contributed by atoms with van der Waals surface area (Å²) >= 11 is 0. The zero-order valence-electron chi connectivity index (χ0n) is 7.83. The zero-order valence-corrected chi connectivity index (χ0v) is 7.83. The molecule has 3 N–H and O–H groups in total. The van der Waals surface area contributed by atoms with Gasteiger partial charge in [-0.2, -0.15) is 0 Å². The van der Waals surface area contributed by atoms with Gasteiger partial charge < -0.3 is 11.1 Å². The minimum absolute atomic E-state index is 0.578. The second kappa shape index (κ2) is 3.24. The number of nitrogen functional groups attached to an aromatic ring is 1. The number of nitrogens with zero attached hydrogens (tertiary/aromatic N) is 1. The molecule has 1 saturated carbocycles. The summed E-state index contributed by atoms with van der Waals surface area (Å²) in [7, 11) is 0. The van der Waals surface area contributed by atoms with Crippen molar-refractivity contribution in [2.24, 2.45) is 11.8 Å². The molecule has 1 aromatic rings. The van der Waals surface area contributed by atoms with Crippen molar-refractivity contribution in [3.8, 4) is 0 Å². The third-order valence-electron chi connectivity index (χ3n) is 2.59. The van der Waals surface area contributed by atoms with Crippen LogP contribution in [0.1, 0.15) is 13.3 Å². The van der Waals surface area contributed by atoms with Gasteiger partial charge in [-0.1, -0.05) is 13.0 Å². The molecule has 2 rings (SSSR count). The van der Waals surface area contributed by atoms with E-state index >= 15 is 0 Å². The summed E-state index contributed by atoms with van der Waals surface area (Å²) in [6, 6.07) is 5.66. The number of rotatable bonds is 3. The van der Waals surface area contributed by atoms with Crippen molar-refractivity contribution >= 4 is 11.6 Å². The Morgan fingerprint density at radius 3 is 3.00 bits per heavy atom. The van der Waals surface area contributed by atoms with E-state index in [1.54, 1.807) is 6.07 Å². The lowest BCUT2D eigenvalue weighted by molar-refractivity contribution is 0.785. The van der Waals surface area contributed by atoms with E-state index in [1.807, 2.05) is 12.1 Å². The van der Waals surface area contributed by atoms with E-state index in [0.29, 0.717) is 5.82 Å². The van der Waals surface area contributed by atoms with Crippen molar-refractivity contribution in [1.29, 1.82) is 0 Å². The maximum Gasteiger partial charge on any atom is 0.128 e. The molecule has 1 heterocycles. The number of pyridine rings is 1. The first-order chi connectivity index (χ1) is 6.25. The van der Waals surface area contributed by atoms with Crippen molar-refractivity contribution < 1.29 is 0 Å². The topological polar surface area (TPSA) is 50.9 Å². The summed E-state index contributed by atoms with van der Waals surface area (Å²) in [5.74, 6) is 3.18. The van der Waals surface area contributed by atoms with Crippen LogP contribution in [-0.4, -0.2) is 11.5 Å². The number of nitrogens with one attached hydrogen (secondary N) is 1. The predicted molar refractivity (Wildman–Crippen MR) is 54.4 cm³/mol. The fourth-order valence-corrected chi connectivity index (χ4v) is 1.47. The minimum Gasteiger partial charge on any atom is -0.384 e. The summed E-state index contributed by atoms with van der Waals surface area (Å²) in [5, 5.41) is 3.29. The molecule has 0 amide bonds. The Bertz CT molecular complexity index is 298. The van der Waals surface area contributed by atoms with Crippen LogP contribution >= 0.6 is 0 Å². The summed E-state index contributed by atoms with van der Waals surface area (Å²) in [6.45, 7) is 3.30. The molecule has 0 aromatic carbocycles. The predicted octanol–water partition coefficient (Wildman–Crippen LogP) is 1.73. The molecule has 0 radical (unpaired) electrons. The quantitative estimate of drug-likeness (QED) is 0.739. The molecular weight excluding hydrogens is 162 g/mol. The van der Waals surface area contributed by atoms with Crippen molar-refractivity contribution in [3.05, 3.63) is 18.2 Å². The summed E-state index contributed by atoms with van der Waals surface area (Å²) in [6.07, 6.45) is 1.34. The van der Waals surface area contributed by atoms with Gasteiger partial charge in [-0.05, 0) is 30.4 Å². The van der Waals surface area contributed by atoms with Crippen LogP contribution in [-0.2, 0) is 0 Å². The maximum absolute atomic E-state index is 5.56. The number of anilines is 2. The van der Waals surface area contributed by atoms with Crippen molar-refractivity contribution in [1.82, 2.24) is 4.98 Å². The van der Waals surface area contributed by atoms with Gasteiger partial charge in [0.25, 0.3) is 0 Å². The van der Waals surface area contributed by atoms with Crippen LogP contribution in [0, 0.1) is 11.8 Å². The van der Waals surface area contributed by atoms with Gasteiger partial charge in [0.2, 0.25) is 0 Å². The van der Waals surface area contributed by atoms with Gasteiger partial charge in [0, 0.05) is 6.54 Å². The first-order valence-corrected chi connectivity index (χ1v) is 4.72. The lowest BCUT2D eigenvalue weighted by Gasteiger charge is -2.04. The second-order valence-electron chi connectivity index (χ2n) is 3.80. The molecule has 3 heteroatoms. The van der Waals surface area contributed by atoms with E-state index in [0.717, 1.165) is 24.2 Å². The minimum atomic E-state index is 0.578. The third-order valence-corrected chi connectivity index (χ3v) is 2.59. The molecule has 0 spiro atoms. The second-order valence-corrected chi connectivity index (χ2v) is 3.80. The van der Waals surface area contributed by atoms with Crippen LogP contribution < -0.4 is 11.1 Å². The molecule has 2 atom stereocenters. The fraction of sp³-hybridized carbons (Fsp3) is 0.500. The number of hydrogen-bond acceptors (Lipinski definition) is 3. The van der Waals surface area contributed by atoms with Crippen LogP contribution in [0.15, 0.2) is 18.2 Å². The average Bonchev–Trinajstić information content (AvgIpc) is 2.79. The molecule has 1 fully saturated rings. The van der Waals surface area contributed by atoms with E-state index in [2.05, 4.69) is 17.2 Å². The zero-order chi connectivity index (χ0) is 9.26. The highest BCUT2D eigenvalue weighted by atomic mass is 15.0. The van der Waals surface area contributed by atoms with E-state index in [9.17, 15) is 0 Å². The molecule has 70 valence electrons. The normalized spacial score (nSPS) is 25.6. The van der Waals surface area contributed by atoms with Gasteiger partial charge in [0.05, 0.1) is 0 Å². The van der Waals surface area contributed by atoms with Crippen LogP contribution in [0.2, 0.25) is 0 Å². The van der Waals surface area contributed by atoms with Crippen molar-refractivity contribution in [3.63, 3.8) is 0 Å². The summed E-state index contributed by atoms with van der Waals surface area (Å²) in [5.41, 5.74) is 5.56. The highest BCUT2D eigenvalue weighted by Crippen LogP contribution is 2.37. The molecule has 0 aliphatic heterocycles. The highest BCUT2D eigenvalue weighted by molar-refractivity contribution is 5.42. The van der Waals surface area contributed by atoms with Crippen LogP contribution in [0.3, 0.4) is 0 Å². The Balaban J connectivity index is 1.87. The van der Waals surface area contributed by atoms with Crippen LogP contribution in [0.4, 0.5) is 11.6 Å². The van der Waals surface area contributed by atoms with E-state index in [-0.39, 0.29) is 0 Å². The highest BCUT2D eigenvalue weighted by Gasteiger charge is 2.31. The molecule has 3 nitrogen and oxygen atoms in total. The molecule has 0 saturated heterocycles. The largest absolute Gasteiger partial charge is 0.384 e. The van der Waals surface area contributed by atoms with Gasteiger partial charge in [0.1, 0.15) is 11.6 Å². The van der Waals surface area contributed by atoms with E-state index in [4.69, 9.17) is 5.73 Å². The SMILES string of the molecule is CC1CC1CNc1cccc(N)n1. The number of aromatic nitrogens is 1. The van der Waals surface area contributed by atoms with Gasteiger partial charge >= 0.3 is 0 Å². The molecule has 2 unspecified atom stereocenters. The summed E-state index contributed by atoms with van der Waals surface area (Å²) in [4.78, 5) is 4.16. The monoisotopic (exact) mass is 177 g/mol. The first kappa shape index (κ1) is 8.35. The van der Waals surface area contributed by atoms with Gasteiger partial charge in [0.15, 0.2) is 0 Å². The Morgan fingerprint density at radius 1 is 1.62 bits per heavy atom. The van der Waals surface area contributed by atoms with Gasteiger partial charge in [-0.25, -0.2) is 4.98 Å². The Labute approximate surface area is 78.4 Å². The molecule has 1 aromatic heterocycles. The Morgan fingerprint density at radius 2 is 2.38 bits per heavy atom. The van der Waals surface area contributed by atoms with E-state index < -0.39 is 0 Å². The summed E-state index contributed by atoms with van der Waals surface area (Å²) < 4.78 is 0. The van der Waals surface area contributed by atoms with Crippen LogP contribution in [0.25, 0.3) is 0 Å². The standard InChI is InChI=1S/C10H15N3/c1-7-5-8(7)6-12-10-4-2-3-9(11)13-10/h2-4,7-8H,5-6H2,1H3,(H3,11,12,13). The molecule has 13 heavy (non-hydrogen) atoms. The molecule has 1 aliphatic rings.